The third kappa shape index (κ3) is 4.28. The largest absolute Gasteiger partial charge is 0.383 e. The molecule has 1 aromatic heterocycles. The molecular formula is C11H20N2OS. The normalized spacial score (nSPS) is 13.4. The smallest absolute Gasteiger partial charge is 0.107 e. The number of methoxy groups -OCH3 is 1. The molecule has 15 heavy (non-hydrogen) atoms. The molecule has 1 rings (SSSR count). The number of aryl methyl sites for hydroxylation is 1. The van der Waals surface area contributed by atoms with E-state index in [9.17, 15) is 0 Å². The Morgan fingerprint density at radius 2 is 2.27 bits per heavy atom. The number of ether oxygens (including phenoxy) is 1. The van der Waals surface area contributed by atoms with Gasteiger partial charge in [0.15, 0.2) is 0 Å². The van der Waals surface area contributed by atoms with Crippen LogP contribution in [0.15, 0.2) is 5.38 Å². The molecule has 0 amide bonds. The zero-order valence-corrected chi connectivity index (χ0v) is 10.7. The molecule has 0 bridgehead atoms. The van der Waals surface area contributed by atoms with Crippen molar-refractivity contribution in [3.05, 3.63) is 16.1 Å². The first-order chi connectivity index (χ1) is 7.13. The standard InChI is InChI=1S/C11H20N2OS/c1-8(2)10(6-14-4)12-5-11-13-9(3)7-15-11/h7-8,10,12H,5-6H2,1-4H3. The van der Waals surface area contributed by atoms with Crippen molar-refractivity contribution in [1.29, 1.82) is 0 Å². The van der Waals surface area contributed by atoms with Crippen molar-refractivity contribution in [2.75, 3.05) is 13.7 Å². The van der Waals surface area contributed by atoms with E-state index < -0.39 is 0 Å². The van der Waals surface area contributed by atoms with Gasteiger partial charge in [0.2, 0.25) is 0 Å². The number of thiazole rings is 1. The van der Waals surface area contributed by atoms with Gasteiger partial charge in [0, 0.05) is 30.8 Å². The van der Waals surface area contributed by atoms with Crippen LogP contribution < -0.4 is 5.32 Å². The fourth-order valence-corrected chi connectivity index (χ4v) is 2.09. The first kappa shape index (κ1) is 12.6. The molecule has 1 aromatic rings. The number of rotatable bonds is 6. The zero-order valence-electron chi connectivity index (χ0n) is 9.91. The Kier molecular flexibility index (Phi) is 5.22. The highest BCUT2D eigenvalue weighted by Gasteiger charge is 2.12. The van der Waals surface area contributed by atoms with Crippen molar-refractivity contribution >= 4 is 11.3 Å². The first-order valence-electron chi connectivity index (χ1n) is 5.26. The Labute approximate surface area is 95.9 Å². The van der Waals surface area contributed by atoms with Crippen LogP contribution in [-0.4, -0.2) is 24.7 Å². The van der Waals surface area contributed by atoms with Crippen LogP contribution in [0.5, 0.6) is 0 Å². The molecule has 1 atom stereocenters. The van der Waals surface area contributed by atoms with Crippen LogP contribution in [0.25, 0.3) is 0 Å². The summed E-state index contributed by atoms with van der Waals surface area (Å²) in [4.78, 5) is 4.42. The van der Waals surface area contributed by atoms with Gasteiger partial charge in [-0.2, -0.15) is 0 Å². The highest BCUT2D eigenvalue weighted by Crippen LogP contribution is 2.09. The van der Waals surface area contributed by atoms with Crippen LogP contribution in [0.3, 0.4) is 0 Å². The van der Waals surface area contributed by atoms with E-state index in [4.69, 9.17) is 4.74 Å². The molecule has 0 spiro atoms. The second-order valence-electron chi connectivity index (χ2n) is 4.07. The van der Waals surface area contributed by atoms with Crippen molar-refractivity contribution in [2.45, 2.75) is 33.4 Å². The van der Waals surface area contributed by atoms with Crippen LogP contribution in [0.1, 0.15) is 24.5 Å². The minimum atomic E-state index is 0.402. The summed E-state index contributed by atoms with van der Waals surface area (Å²) in [7, 11) is 1.74. The van der Waals surface area contributed by atoms with E-state index in [-0.39, 0.29) is 0 Å². The van der Waals surface area contributed by atoms with E-state index in [1.807, 2.05) is 6.92 Å². The Balaban J connectivity index is 2.39. The van der Waals surface area contributed by atoms with E-state index in [1.165, 1.54) is 0 Å². The van der Waals surface area contributed by atoms with Gasteiger partial charge in [-0.1, -0.05) is 13.8 Å². The minimum Gasteiger partial charge on any atom is -0.383 e. The summed E-state index contributed by atoms with van der Waals surface area (Å²) >= 11 is 1.71. The molecule has 0 saturated carbocycles. The highest BCUT2D eigenvalue weighted by molar-refractivity contribution is 7.09. The predicted molar refractivity (Wildman–Crippen MR) is 64.2 cm³/mol. The second-order valence-corrected chi connectivity index (χ2v) is 5.01. The summed E-state index contributed by atoms with van der Waals surface area (Å²) < 4.78 is 5.18. The molecule has 0 radical (unpaired) electrons. The van der Waals surface area contributed by atoms with Gasteiger partial charge in [0.05, 0.1) is 6.61 Å². The summed E-state index contributed by atoms with van der Waals surface area (Å²) in [6.45, 7) is 8.01. The topological polar surface area (TPSA) is 34.1 Å². The molecule has 0 aliphatic rings. The molecule has 0 aliphatic heterocycles. The fourth-order valence-electron chi connectivity index (χ4n) is 1.37. The van der Waals surface area contributed by atoms with E-state index in [2.05, 4.69) is 29.5 Å². The summed E-state index contributed by atoms with van der Waals surface area (Å²) in [6, 6.07) is 0.402. The number of nitrogens with one attached hydrogen (secondary N) is 1. The lowest BCUT2D eigenvalue weighted by atomic mass is 10.1. The van der Waals surface area contributed by atoms with Gasteiger partial charge in [0.25, 0.3) is 0 Å². The fraction of sp³-hybridized carbons (Fsp3) is 0.727. The van der Waals surface area contributed by atoms with Crippen molar-refractivity contribution in [2.24, 2.45) is 5.92 Å². The van der Waals surface area contributed by atoms with E-state index in [0.29, 0.717) is 12.0 Å². The van der Waals surface area contributed by atoms with Crippen LogP contribution >= 0.6 is 11.3 Å². The minimum absolute atomic E-state index is 0.402. The Bertz CT molecular complexity index is 286. The van der Waals surface area contributed by atoms with Gasteiger partial charge in [0.1, 0.15) is 5.01 Å². The van der Waals surface area contributed by atoms with E-state index in [1.54, 1.807) is 18.4 Å². The maximum atomic E-state index is 5.18. The predicted octanol–water partition coefficient (Wildman–Crippen LogP) is 2.21. The van der Waals surface area contributed by atoms with Crippen LogP contribution in [0.2, 0.25) is 0 Å². The SMILES string of the molecule is COCC(NCc1nc(C)cs1)C(C)C. The molecule has 1 N–H and O–H groups in total. The van der Waals surface area contributed by atoms with E-state index >= 15 is 0 Å². The molecule has 1 unspecified atom stereocenters. The number of hydrogen-bond acceptors (Lipinski definition) is 4. The molecule has 0 aromatic carbocycles. The zero-order chi connectivity index (χ0) is 11.3. The van der Waals surface area contributed by atoms with Gasteiger partial charge in [-0.3, -0.25) is 0 Å². The van der Waals surface area contributed by atoms with Crippen molar-refractivity contribution in [3.63, 3.8) is 0 Å². The Morgan fingerprint density at radius 3 is 2.73 bits per heavy atom. The lowest BCUT2D eigenvalue weighted by Crippen LogP contribution is -2.37. The molecule has 1 heterocycles. The lowest BCUT2D eigenvalue weighted by molar-refractivity contribution is 0.146. The monoisotopic (exact) mass is 228 g/mol. The maximum absolute atomic E-state index is 5.18. The maximum Gasteiger partial charge on any atom is 0.107 e. The van der Waals surface area contributed by atoms with Gasteiger partial charge in [-0.25, -0.2) is 4.98 Å². The molecule has 0 aliphatic carbocycles. The second kappa shape index (κ2) is 6.20. The van der Waals surface area contributed by atoms with Crippen LogP contribution in [0, 0.1) is 12.8 Å². The first-order valence-corrected chi connectivity index (χ1v) is 6.14. The summed E-state index contributed by atoms with van der Waals surface area (Å²) in [5, 5.41) is 6.70. The van der Waals surface area contributed by atoms with Crippen molar-refractivity contribution in [3.8, 4) is 0 Å². The van der Waals surface area contributed by atoms with Gasteiger partial charge < -0.3 is 10.1 Å². The van der Waals surface area contributed by atoms with Crippen LogP contribution in [0.4, 0.5) is 0 Å². The van der Waals surface area contributed by atoms with Crippen molar-refractivity contribution in [1.82, 2.24) is 10.3 Å². The summed E-state index contributed by atoms with van der Waals surface area (Å²) in [6.07, 6.45) is 0. The number of hydrogen-bond donors (Lipinski definition) is 1. The molecule has 0 saturated heterocycles. The van der Waals surface area contributed by atoms with Crippen LogP contribution in [-0.2, 0) is 11.3 Å². The summed E-state index contributed by atoms with van der Waals surface area (Å²) in [5.74, 6) is 0.575. The molecule has 4 heteroatoms. The third-order valence-corrected chi connectivity index (χ3v) is 3.30. The van der Waals surface area contributed by atoms with Gasteiger partial charge >= 0.3 is 0 Å². The summed E-state index contributed by atoms with van der Waals surface area (Å²) in [5.41, 5.74) is 1.10. The quantitative estimate of drug-likeness (QED) is 0.810. The average Bonchev–Trinajstić information content (AvgIpc) is 2.58. The Morgan fingerprint density at radius 1 is 1.53 bits per heavy atom. The van der Waals surface area contributed by atoms with Gasteiger partial charge in [-0.15, -0.1) is 11.3 Å². The van der Waals surface area contributed by atoms with E-state index in [0.717, 1.165) is 23.9 Å². The Hall–Kier alpha value is -0.450. The van der Waals surface area contributed by atoms with Crippen molar-refractivity contribution < 1.29 is 4.74 Å². The number of nitrogens with zero attached hydrogens (tertiary/aromatic N) is 1. The van der Waals surface area contributed by atoms with Gasteiger partial charge in [-0.05, 0) is 12.8 Å². The number of aromatic nitrogens is 1. The molecule has 3 nitrogen and oxygen atoms in total. The molecule has 86 valence electrons. The third-order valence-electron chi connectivity index (χ3n) is 2.33. The molecule has 0 fully saturated rings. The lowest BCUT2D eigenvalue weighted by Gasteiger charge is -2.20. The highest BCUT2D eigenvalue weighted by atomic mass is 32.1. The molecular weight excluding hydrogens is 208 g/mol. The average molecular weight is 228 g/mol.